The first-order valence-electron chi connectivity index (χ1n) is 8.53. The van der Waals surface area contributed by atoms with Crippen molar-refractivity contribution in [2.24, 2.45) is 5.11 Å². The molecule has 1 aromatic heterocycles. The average molecular weight is 392 g/mol. The first-order chi connectivity index (χ1) is 13.7. The van der Waals surface area contributed by atoms with E-state index in [1.807, 2.05) is 36.4 Å². The molecule has 1 heterocycles. The van der Waals surface area contributed by atoms with E-state index in [1.54, 1.807) is 36.7 Å². The number of aromatic nitrogens is 1. The van der Waals surface area contributed by atoms with Gasteiger partial charge in [0, 0.05) is 35.8 Å². The molecule has 0 unspecified atom stereocenters. The van der Waals surface area contributed by atoms with Gasteiger partial charge in [0.1, 0.15) is 0 Å². The van der Waals surface area contributed by atoms with Crippen LogP contribution in [0.15, 0.2) is 84.4 Å². The highest BCUT2D eigenvalue weighted by Crippen LogP contribution is 2.29. The summed E-state index contributed by atoms with van der Waals surface area (Å²) >= 11 is 6.28. The summed E-state index contributed by atoms with van der Waals surface area (Å²) in [6, 6.07) is 18.2. The fraction of sp³-hybridized carbons (Fsp3) is 0.0476. The molecule has 0 saturated carbocycles. The number of amides is 1. The van der Waals surface area contributed by atoms with Crippen molar-refractivity contribution in [1.82, 2.24) is 10.3 Å². The molecule has 3 N–H and O–H groups in total. The SMILES string of the molecule is N=N/C=C\NCc1ccc(C(=O)Nc2ccc(Cl)c(-c3ccccn3)c2)cc1. The van der Waals surface area contributed by atoms with E-state index in [0.29, 0.717) is 22.8 Å². The van der Waals surface area contributed by atoms with Crippen LogP contribution in [0.25, 0.3) is 11.3 Å². The quantitative estimate of drug-likeness (QED) is 0.480. The zero-order valence-electron chi connectivity index (χ0n) is 14.9. The Bertz CT molecular complexity index is 987. The molecule has 1 amide bonds. The number of hydrogen-bond donors (Lipinski definition) is 3. The van der Waals surface area contributed by atoms with Gasteiger partial charge < -0.3 is 10.6 Å². The van der Waals surface area contributed by atoms with Gasteiger partial charge in [0.05, 0.1) is 16.9 Å². The second kappa shape index (κ2) is 9.43. The predicted molar refractivity (Wildman–Crippen MR) is 110 cm³/mol. The first kappa shape index (κ1) is 19.3. The number of anilines is 1. The number of nitrogens with one attached hydrogen (secondary N) is 3. The molecule has 3 aromatic rings. The molecule has 0 saturated heterocycles. The molecule has 0 spiro atoms. The van der Waals surface area contributed by atoms with E-state index in [9.17, 15) is 4.79 Å². The number of halogens is 1. The number of nitrogens with zero attached hydrogens (tertiary/aromatic N) is 2. The Morgan fingerprint density at radius 2 is 1.96 bits per heavy atom. The van der Waals surface area contributed by atoms with Gasteiger partial charge in [0.2, 0.25) is 0 Å². The lowest BCUT2D eigenvalue weighted by atomic mass is 10.1. The molecule has 0 atom stereocenters. The second-order valence-corrected chi connectivity index (χ2v) is 6.29. The maximum Gasteiger partial charge on any atom is 0.255 e. The first-order valence-corrected chi connectivity index (χ1v) is 8.91. The van der Waals surface area contributed by atoms with Crippen molar-refractivity contribution in [2.45, 2.75) is 6.54 Å². The maximum absolute atomic E-state index is 12.5. The molecule has 6 nitrogen and oxygen atoms in total. The van der Waals surface area contributed by atoms with Crippen molar-refractivity contribution in [1.29, 1.82) is 5.53 Å². The molecular formula is C21H18ClN5O. The van der Waals surface area contributed by atoms with Crippen LogP contribution in [0.4, 0.5) is 5.69 Å². The van der Waals surface area contributed by atoms with Gasteiger partial charge in [-0.2, -0.15) is 5.11 Å². The minimum absolute atomic E-state index is 0.207. The zero-order chi connectivity index (χ0) is 19.8. The van der Waals surface area contributed by atoms with Crippen molar-refractivity contribution in [3.8, 4) is 11.3 Å². The highest BCUT2D eigenvalue weighted by Gasteiger charge is 2.10. The minimum atomic E-state index is -0.207. The van der Waals surface area contributed by atoms with Crippen molar-refractivity contribution in [3.05, 3.63) is 95.4 Å². The summed E-state index contributed by atoms with van der Waals surface area (Å²) < 4.78 is 0. The van der Waals surface area contributed by atoms with Gasteiger partial charge in [0.15, 0.2) is 0 Å². The summed E-state index contributed by atoms with van der Waals surface area (Å²) in [6.07, 6.45) is 4.64. The lowest BCUT2D eigenvalue weighted by molar-refractivity contribution is 0.102. The number of benzene rings is 2. The molecular weight excluding hydrogens is 374 g/mol. The molecule has 0 aliphatic rings. The fourth-order valence-corrected chi connectivity index (χ4v) is 2.78. The third-order valence-electron chi connectivity index (χ3n) is 3.95. The standard InChI is InChI=1S/C21H18ClN5O/c22-19-9-8-17(13-18(19)20-3-1-2-10-25-20)27-21(28)16-6-4-15(5-7-16)14-24-11-12-26-23/h1-13,23-24H,14H2,(H,27,28)/b12-11-,26-23?. The smallest absolute Gasteiger partial charge is 0.255 e. The summed E-state index contributed by atoms with van der Waals surface area (Å²) in [5.41, 5.74) is 10.4. The van der Waals surface area contributed by atoms with E-state index in [2.05, 4.69) is 20.7 Å². The normalized spacial score (nSPS) is 10.6. The lowest BCUT2D eigenvalue weighted by Gasteiger charge is -2.10. The van der Waals surface area contributed by atoms with Crippen LogP contribution >= 0.6 is 11.6 Å². The van der Waals surface area contributed by atoms with Crippen molar-refractivity contribution < 1.29 is 4.79 Å². The van der Waals surface area contributed by atoms with Crippen LogP contribution in [0.5, 0.6) is 0 Å². The Morgan fingerprint density at radius 3 is 2.68 bits per heavy atom. The Morgan fingerprint density at radius 1 is 1.14 bits per heavy atom. The topological polar surface area (TPSA) is 90.2 Å². The molecule has 28 heavy (non-hydrogen) atoms. The molecule has 0 bridgehead atoms. The molecule has 140 valence electrons. The van der Waals surface area contributed by atoms with E-state index in [4.69, 9.17) is 17.1 Å². The van der Waals surface area contributed by atoms with Crippen LogP contribution in [0.1, 0.15) is 15.9 Å². The van der Waals surface area contributed by atoms with Crippen LogP contribution in [0, 0.1) is 5.53 Å². The molecule has 0 fully saturated rings. The monoisotopic (exact) mass is 391 g/mol. The van der Waals surface area contributed by atoms with Crippen LogP contribution in [0.3, 0.4) is 0 Å². The van der Waals surface area contributed by atoms with Gasteiger partial charge in [-0.1, -0.05) is 29.8 Å². The van der Waals surface area contributed by atoms with Gasteiger partial charge in [-0.15, -0.1) is 0 Å². The van der Waals surface area contributed by atoms with Gasteiger partial charge in [-0.05, 0) is 48.0 Å². The summed E-state index contributed by atoms with van der Waals surface area (Å²) in [5, 5.41) is 9.58. The van der Waals surface area contributed by atoms with Crippen molar-refractivity contribution in [3.63, 3.8) is 0 Å². The average Bonchev–Trinajstić information content (AvgIpc) is 2.73. The van der Waals surface area contributed by atoms with Gasteiger partial charge >= 0.3 is 0 Å². The van der Waals surface area contributed by atoms with E-state index in [1.165, 1.54) is 6.20 Å². The summed E-state index contributed by atoms with van der Waals surface area (Å²) in [5.74, 6) is -0.207. The predicted octanol–water partition coefficient (Wildman–Crippen LogP) is 5.25. The summed E-state index contributed by atoms with van der Waals surface area (Å²) in [7, 11) is 0. The summed E-state index contributed by atoms with van der Waals surface area (Å²) in [6.45, 7) is 0.582. The van der Waals surface area contributed by atoms with Gasteiger partial charge in [-0.3, -0.25) is 9.78 Å². The zero-order valence-corrected chi connectivity index (χ0v) is 15.6. The number of carbonyl (C=O) groups excluding carboxylic acids is 1. The van der Waals surface area contributed by atoms with Crippen LogP contribution in [-0.4, -0.2) is 10.9 Å². The fourth-order valence-electron chi connectivity index (χ4n) is 2.57. The molecule has 7 heteroatoms. The molecule has 0 aliphatic carbocycles. The largest absolute Gasteiger partial charge is 0.386 e. The van der Waals surface area contributed by atoms with E-state index in [-0.39, 0.29) is 5.91 Å². The highest BCUT2D eigenvalue weighted by atomic mass is 35.5. The minimum Gasteiger partial charge on any atom is -0.386 e. The number of hydrogen-bond acceptors (Lipinski definition) is 5. The molecule has 3 rings (SSSR count). The van der Waals surface area contributed by atoms with E-state index < -0.39 is 0 Å². The second-order valence-electron chi connectivity index (χ2n) is 5.89. The van der Waals surface area contributed by atoms with Crippen LogP contribution < -0.4 is 10.6 Å². The van der Waals surface area contributed by atoms with Gasteiger partial charge in [0.25, 0.3) is 5.91 Å². The molecule has 2 aromatic carbocycles. The molecule has 0 aliphatic heterocycles. The van der Waals surface area contributed by atoms with Crippen LogP contribution in [-0.2, 0) is 6.54 Å². The van der Waals surface area contributed by atoms with Gasteiger partial charge in [-0.25, -0.2) is 5.53 Å². The number of carbonyl (C=O) groups is 1. The highest BCUT2D eigenvalue weighted by molar-refractivity contribution is 6.33. The number of rotatable bonds is 7. The van der Waals surface area contributed by atoms with E-state index >= 15 is 0 Å². The Balaban J connectivity index is 1.69. The lowest BCUT2D eigenvalue weighted by Crippen LogP contribution is -2.12. The number of pyridine rings is 1. The maximum atomic E-state index is 12.5. The summed E-state index contributed by atoms with van der Waals surface area (Å²) in [4.78, 5) is 16.8. The Hall–Kier alpha value is -3.51. The van der Waals surface area contributed by atoms with Crippen molar-refractivity contribution >= 4 is 23.2 Å². The van der Waals surface area contributed by atoms with E-state index in [0.717, 1.165) is 16.8 Å². The Labute approximate surface area is 167 Å². The third-order valence-corrected chi connectivity index (χ3v) is 4.28. The Kier molecular flexibility index (Phi) is 6.49. The van der Waals surface area contributed by atoms with Crippen molar-refractivity contribution in [2.75, 3.05) is 5.32 Å². The molecule has 0 radical (unpaired) electrons. The third kappa shape index (κ3) is 5.02. The van der Waals surface area contributed by atoms with Crippen LogP contribution in [0.2, 0.25) is 5.02 Å².